The van der Waals surface area contributed by atoms with Crippen LogP contribution in [0.5, 0.6) is 0 Å². The molecule has 1 nitrogen and oxygen atoms in total. The van der Waals surface area contributed by atoms with Gasteiger partial charge in [-0.1, -0.05) is 12.2 Å². The molecule has 1 aromatic rings. The number of hydrogen-bond donors (Lipinski definition) is 0. The van der Waals surface area contributed by atoms with Crippen molar-refractivity contribution in [1.82, 2.24) is 0 Å². The monoisotopic (exact) mass is 216 g/mol. The van der Waals surface area contributed by atoms with E-state index in [1.54, 1.807) is 0 Å². The summed E-state index contributed by atoms with van der Waals surface area (Å²) in [5, 5.41) is 0. The Morgan fingerprint density at radius 2 is 1.79 bits per heavy atom. The first-order chi connectivity index (χ1) is 6.69. The molecule has 4 heteroatoms. The first kappa shape index (κ1) is 10.9. The van der Waals surface area contributed by atoms with Gasteiger partial charge in [0.25, 0.3) is 0 Å². The molecule has 0 amide bonds. The Labute approximate surface area is 85.0 Å². The Hall–Kier alpha value is -1.22. The number of rotatable bonds is 3. The van der Waals surface area contributed by atoms with Gasteiger partial charge in [-0.2, -0.15) is 0 Å². The Morgan fingerprint density at radius 1 is 1.21 bits per heavy atom. The van der Waals surface area contributed by atoms with Crippen LogP contribution in [0.4, 0.5) is 8.78 Å². The summed E-state index contributed by atoms with van der Waals surface area (Å²) in [6.07, 6.45) is 3.12. The van der Waals surface area contributed by atoms with Gasteiger partial charge in [-0.05, 0) is 12.1 Å². The van der Waals surface area contributed by atoms with Crippen molar-refractivity contribution in [1.29, 1.82) is 0 Å². The van der Waals surface area contributed by atoms with Crippen molar-refractivity contribution >= 4 is 24.0 Å². The van der Waals surface area contributed by atoms with Gasteiger partial charge in [0.2, 0.25) is 0 Å². The molecular formula is C10H7ClF2O. The van der Waals surface area contributed by atoms with Crippen LogP contribution in [0.1, 0.15) is 15.9 Å². The van der Waals surface area contributed by atoms with Crippen LogP contribution in [0, 0.1) is 11.6 Å². The Bertz CT molecular complexity index is 375. The molecule has 0 N–H and O–H groups in total. The molecule has 1 aromatic carbocycles. The zero-order valence-electron chi connectivity index (χ0n) is 7.14. The van der Waals surface area contributed by atoms with E-state index in [1.807, 2.05) is 0 Å². The first-order valence-electron chi connectivity index (χ1n) is 3.85. The molecular weight excluding hydrogens is 210 g/mol. The minimum atomic E-state index is -0.740. The third-order valence-electron chi connectivity index (χ3n) is 1.63. The van der Waals surface area contributed by atoms with Crippen LogP contribution < -0.4 is 0 Å². The predicted octanol–water partition coefficient (Wildman–Crippen LogP) is 3.03. The zero-order valence-corrected chi connectivity index (χ0v) is 7.89. The normalized spacial score (nSPS) is 10.8. The highest BCUT2D eigenvalue weighted by molar-refractivity contribution is 6.19. The van der Waals surface area contributed by atoms with E-state index in [0.717, 1.165) is 12.1 Å². The Balaban J connectivity index is 3.14. The highest BCUT2D eigenvalue weighted by atomic mass is 35.5. The number of benzene rings is 1. The van der Waals surface area contributed by atoms with Gasteiger partial charge in [0.05, 0.1) is 5.56 Å². The lowest BCUT2D eigenvalue weighted by molar-refractivity contribution is 0.111. The SMILES string of the molecule is O=Cc1cc(F)c(C=CCCl)cc1F. The van der Waals surface area contributed by atoms with Gasteiger partial charge in [-0.15, -0.1) is 11.6 Å². The molecule has 0 saturated carbocycles. The first-order valence-corrected chi connectivity index (χ1v) is 4.39. The van der Waals surface area contributed by atoms with Crippen LogP contribution in [-0.2, 0) is 0 Å². The van der Waals surface area contributed by atoms with Gasteiger partial charge in [0.1, 0.15) is 11.6 Å². The molecule has 1 rings (SSSR count). The van der Waals surface area contributed by atoms with Crippen molar-refractivity contribution in [2.45, 2.75) is 0 Å². The van der Waals surface area contributed by atoms with E-state index in [2.05, 4.69) is 0 Å². The third-order valence-corrected chi connectivity index (χ3v) is 1.81. The van der Waals surface area contributed by atoms with Crippen LogP contribution >= 0.6 is 11.6 Å². The molecule has 0 aliphatic rings. The van der Waals surface area contributed by atoms with E-state index in [9.17, 15) is 13.6 Å². The second-order valence-corrected chi connectivity index (χ2v) is 2.88. The fourth-order valence-electron chi connectivity index (χ4n) is 0.967. The molecule has 0 spiro atoms. The topological polar surface area (TPSA) is 17.1 Å². The maximum absolute atomic E-state index is 13.1. The van der Waals surface area contributed by atoms with Crippen LogP contribution in [0.2, 0.25) is 0 Å². The number of allylic oxidation sites excluding steroid dienone is 1. The summed E-state index contributed by atoms with van der Waals surface area (Å²) in [4.78, 5) is 10.3. The van der Waals surface area contributed by atoms with E-state index in [4.69, 9.17) is 11.6 Å². The van der Waals surface area contributed by atoms with Gasteiger partial charge in [-0.25, -0.2) is 8.78 Å². The van der Waals surface area contributed by atoms with Gasteiger partial charge in [0, 0.05) is 11.4 Å². The molecule has 0 atom stereocenters. The summed E-state index contributed by atoms with van der Waals surface area (Å²) in [7, 11) is 0. The lowest BCUT2D eigenvalue weighted by Gasteiger charge is -1.99. The summed E-state index contributed by atoms with van der Waals surface area (Å²) in [5.41, 5.74) is -0.209. The molecule has 0 bridgehead atoms. The van der Waals surface area contributed by atoms with E-state index in [1.165, 1.54) is 12.2 Å². The quantitative estimate of drug-likeness (QED) is 0.561. The lowest BCUT2D eigenvalue weighted by atomic mass is 10.1. The van der Waals surface area contributed by atoms with Crippen molar-refractivity contribution < 1.29 is 13.6 Å². The average molecular weight is 217 g/mol. The molecule has 0 aliphatic carbocycles. The number of carbonyl (C=O) groups excluding carboxylic acids is 1. The Kier molecular flexibility index (Phi) is 3.77. The Morgan fingerprint density at radius 3 is 2.36 bits per heavy atom. The molecule has 0 heterocycles. The predicted molar refractivity (Wildman–Crippen MR) is 51.5 cm³/mol. The number of aldehydes is 1. The number of halogens is 3. The summed E-state index contributed by atoms with van der Waals surface area (Å²) in [6.45, 7) is 0. The fourth-order valence-corrected chi connectivity index (χ4v) is 1.06. The van der Waals surface area contributed by atoms with Gasteiger partial charge >= 0.3 is 0 Å². The van der Waals surface area contributed by atoms with E-state index >= 15 is 0 Å². The third kappa shape index (κ3) is 2.39. The number of hydrogen-bond acceptors (Lipinski definition) is 1. The minimum absolute atomic E-state index is 0.0775. The smallest absolute Gasteiger partial charge is 0.153 e. The maximum Gasteiger partial charge on any atom is 0.153 e. The van der Waals surface area contributed by atoms with Gasteiger partial charge < -0.3 is 0 Å². The molecule has 0 aromatic heterocycles. The van der Waals surface area contributed by atoms with Crippen LogP contribution in [0.15, 0.2) is 18.2 Å². The molecule has 0 fully saturated rings. The summed E-state index contributed by atoms with van der Waals surface area (Å²) >= 11 is 5.34. The molecule has 14 heavy (non-hydrogen) atoms. The second-order valence-electron chi connectivity index (χ2n) is 2.57. The highest BCUT2D eigenvalue weighted by Crippen LogP contribution is 2.15. The molecule has 0 saturated heterocycles. The lowest BCUT2D eigenvalue weighted by Crippen LogP contribution is -1.92. The number of carbonyl (C=O) groups is 1. The molecule has 0 radical (unpaired) electrons. The fraction of sp³-hybridized carbons (Fsp3) is 0.100. The summed E-state index contributed by atoms with van der Waals surface area (Å²) < 4.78 is 26.1. The van der Waals surface area contributed by atoms with E-state index in [-0.39, 0.29) is 23.3 Å². The maximum atomic E-state index is 13.1. The highest BCUT2D eigenvalue weighted by Gasteiger charge is 2.06. The molecule has 0 unspecified atom stereocenters. The van der Waals surface area contributed by atoms with Crippen molar-refractivity contribution in [2.75, 3.05) is 5.88 Å². The van der Waals surface area contributed by atoms with E-state index in [0.29, 0.717) is 0 Å². The zero-order chi connectivity index (χ0) is 10.6. The average Bonchev–Trinajstić information content (AvgIpc) is 2.18. The van der Waals surface area contributed by atoms with Crippen molar-refractivity contribution in [3.05, 3.63) is 41.0 Å². The van der Waals surface area contributed by atoms with Gasteiger partial charge in [0.15, 0.2) is 6.29 Å². The molecule has 0 aliphatic heterocycles. The minimum Gasteiger partial charge on any atom is -0.298 e. The van der Waals surface area contributed by atoms with Crippen LogP contribution in [0.25, 0.3) is 6.08 Å². The summed E-state index contributed by atoms with van der Waals surface area (Å²) in [5.74, 6) is -1.17. The summed E-state index contributed by atoms with van der Waals surface area (Å²) in [6, 6.07) is 1.82. The number of alkyl halides is 1. The van der Waals surface area contributed by atoms with E-state index < -0.39 is 11.6 Å². The second kappa shape index (κ2) is 4.86. The van der Waals surface area contributed by atoms with Crippen molar-refractivity contribution in [3.63, 3.8) is 0 Å². The standard InChI is InChI=1S/C10H7ClF2O/c11-3-1-2-7-4-10(13)8(6-14)5-9(7)12/h1-2,4-6H,3H2. The largest absolute Gasteiger partial charge is 0.298 e. The van der Waals surface area contributed by atoms with Crippen molar-refractivity contribution in [2.24, 2.45) is 0 Å². The van der Waals surface area contributed by atoms with Crippen LogP contribution in [-0.4, -0.2) is 12.2 Å². The van der Waals surface area contributed by atoms with Gasteiger partial charge in [-0.3, -0.25) is 4.79 Å². The molecule has 74 valence electrons. The van der Waals surface area contributed by atoms with Crippen molar-refractivity contribution in [3.8, 4) is 0 Å². The van der Waals surface area contributed by atoms with Crippen LogP contribution in [0.3, 0.4) is 0 Å².